The molecule has 118 valence electrons. The van der Waals surface area contributed by atoms with Crippen molar-refractivity contribution < 1.29 is 0 Å². The second-order valence-corrected chi connectivity index (χ2v) is 7.21. The standard InChI is InChI=1S/C17H30N4/c1-6-18-16-19-12-13(2)15(20-16)21-10-7-8-14(9-11-21)17(3,4)5/h12,14H,6-11H2,1-5H3,(H,18,19,20). The summed E-state index contributed by atoms with van der Waals surface area (Å²) >= 11 is 0. The molecule has 1 aromatic rings. The first-order valence-corrected chi connectivity index (χ1v) is 8.24. The van der Waals surface area contributed by atoms with E-state index in [0.717, 1.165) is 37.3 Å². The van der Waals surface area contributed by atoms with E-state index in [9.17, 15) is 0 Å². The third-order valence-electron chi connectivity index (χ3n) is 4.53. The number of hydrogen-bond donors (Lipinski definition) is 1. The van der Waals surface area contributed by atoms with Gasteiger partial charge in [-0.3, -0.25) is 0 Å². The summed E-state index contributed by atoms with van der Waals surface area (Å²) in [5.41, 5.74) is 1.58. The van der Waals surface area contributed by atoms with E-state index < -0.39 is 0 Å². The molecule has 2 rings (SSSR count). The number of hydrogen-bond acceptors (Lipinski definition) is 4. The highest BCUT2D eigenvalue weighted by molar-refractivity contribution is 5.49. The van der Waals surface area contributed by atoms with Gasteiger partial charge < -0.3 is 10.2 Å². The number of anilines is 2. The summed E-state index contributed by atoms with van der Waals surface area (Å²) in [5.74, 6) is 2.66. The third-order valence-corrected chi connectivity index (χ3v) is 4.53. The van der Waals surface area contributed by atoms with Crippen LogP contribution in [0.1, 0.15) is 52.5 Å². The lowest BCUT2D eigenvalue weighted by Gasteiger charge is -2.30. The average molecular weight is 290 g/mol. The first-order chi connectivity index (χ1) is 9.91. The Labute approximate surface area is 129 Å². The van der Waals surface area contributed by atoms with Crippen molar-refractivity contribution in [3.05, 3.63) is 11.8 Å². The molecule has 0 aliphatic carbocycles. The molecule has 0 bridgehead atoms. The van der Waals surface area contributed by atoms with Gasteiger partial charge in [-0.25, -0.2) is 4.98 Å². The SMILES string of the molecule is CCNc1ncc(C)c(N2CCCC(C(C)(C)C)CC2)n1. The fourth-order valence-corrected chi connectivity index (χ4v) is 3.17. The number of nitrogens with one attached hydrogen (secondary N) is 1. The van der Waals surface area contributed by atoms with Gasteiger partial charge in [-0.1, -0.05) is 20.8 Å². The van der Waals surface area contributed by atoms with E-state index in [1.54, 1.807) is 0 Å². The lowest BCUT2D eigenvalue weighted by molar-refractivity contribution is 0.220. The average Bonchev–Trinajstić information content (AvgIpc) is 2.66. The molecule has 4 nitrogen and oxygen atoms in total. The van der Waals surface area contributed by atoms with Gasteiger partial charge in [0.05, 0.1) is 0 Å². The fraction of sp³-hybridized carbons (Fsp3) is 0.765. The molecule has 0 saturated carbocycles. The van der Waals surface area contributed by atoms with E-state index in [2.05, 4.69) is 49.8 Å². The van der Waals surface area contributed by atoms with E-state index >= 15 is 0 Å². The topological polar surface area (TPSA) is 41.1 Å². The maximum Gasteiger partial charge on any atom is 0.224 e. The first-order valence-electron chi connectivity index (χ1n) is 8.24. The minimum atomic E-state index is 0.408. The molecule has 1 aliphatic heterocycles. The van der Waals surface area contributed by atoms with Crippen LogP contribution in [0, 0.1) is 18.3 Å². The molecule has 1 fully saturated rings. The zero-order valence-electron chi connectivity index (χ0n) is 14.2. The van der Waals surface area contributed by atoms with Crippen molar-refractivity contribution in [2.24, 2.45) is 11.3 Å². The molecule has 2 heterocycles. The van der Waals surface area contributed by atoms with Gasteiger partial charge in [0.25, 0.3) is 0 Å². The largest absolute Gasteiger partial charge is 0.356 e. The van der Waals surface area contributed by atoms with Gasteiger partial charge >= 0.3 is 0 Å². The maximum atomic E-state index is 4.72. The van der Waals surface area contributed by atoms with Crippen LogP contribution in [-0.4, -0.2) is 29.6 Å². The molecule has 1 saturated heterocycles. The summed E-state index contributed by atoms with van der Waals surface area (Å²) in [6, 6.07) is 0. The van der Waals surface area contributed by atoms with E-state index in [1.807, 2.05) is 6.20 Å². The second kappa shape index (κ2) is 6.63. The highest BCUT2D eigenvalue weighted by atomic mass is 15.2. The van der Waals surface area contributed by atoms with Crippen LogP contribution in [-0.2, 0) is 0 Å². The van der Waals surface area contributed by atoms with Crippen molar-refractivity contribution in [3.63, 3.8) is 0 Å². The fourth-order valence-electron chi connectivity index (χ4n) is 3.17. The summed E-state index contributed by atoms with van der Waals surface area (Å²) < 4.78 is 0. The van der Waals surface area contributed by atoms with Crippen LogP contribution in [0.4, 0.5) is 11.8 Å². The summed E-state index contributed by atoms with van der Waals surface area (Å²) in [6.07, 6.45) is 5.77. The monoisotopic (exact) mass is 290 g/mol. The lowest BCUT2D eigenvalue weighted by Crippen LogP contribution is -2.27. The van der Waals surface area contributed by atoms with Crippen molar-refractivity contribution in [1.29, 1.82) is 0 Å². The van der Waals surface area contributed by atoms with Crippen molar-refractivity contribution >= 4 is 11.8 Å². The summed E-state index contributed by atoms with van der Waals surface area (Å²) in [7, 11) is 0. The predicted octanol–water partition coefficient (Wildman–Crippen LogP) is 3.87. The number of rotatable bonds is 3. The van der Waals surface area contributed by atoms with Crippen molar-refractivity contribution in [1.82, 2.24) is 9.97 Å². The minimum absolute atomic E-state index is 0.408. The van der Waals surface area contributed by atoms with Gasteiger partial charge in [0.15, 0.2) is 0 Å². The van der Waals surface area contributed by atoms with Crippen LogP contribution in [0.5, 0.6) is 0 Å². The Morgan fingerprint density at radius 3 is 2.71 bits per heavy atom. The molecule has 4 heteroatoms. The molecule has 21 heavy (non-hydrogen) atoms. The van der Waals surface area contributed by atoms with E-state index in [-0.39, 0.29) is 0 Å². The molecule has 1 aromatic heterocycles. The molecule has 0 spiro atoms. The van der Waals surface area contributed by atoms with Crippen molar-refractivity contribution in [2.75, 3.05) is 29.9 Å². The van der Waals surface area contributed by atoms with Crippen LogP contribution >= 0.6 is 0 Å². The van der Waals surface area contributed by atoms with Gasteiger partial charge in [0.2, 0.25) is 5.95 Å². The molecular weight excluding hydrogens is 260 g/mol. The maximum absolute atomic E-state index is 4.72. The number of nitrogens with zero attached hydrogens (tertiary/aromatic N) is 3. The smallest absolute Gasteiger partial charge is 0.224 e. The van der Waals surface area contributed by atoms with Gasteiger partial charge in [0.1, 0.15) is 5.82 Å². The second-order valence-electron chi connectivity index (χ2n) is 7.21. The molecular formula is C17H30N4. The summed E-state index contributed by atoms with van der Waals surface area (Å²) in [5, 5.41) is 3.21. The Kier molecular flexibility index (Phi) is 5.07. The molecule has 0 amide bonds. The highest BCUT2D eigenvalue weighted by Gasteiger charge is 2.27. The van der Waals surface area contributed by atoms with Crippen LogP contribution in [0.3, 0.4) is 0 Å². The minimum Gasteiger partial charge on any atom is -0.356 e. The van der Waals surface area contributed by atoms with Crippen LogP contribution < -0.4 is 10.2 Å². The Bertz CT molecular complexity index is 464. The van der Waals surface area contributed by atoms with Crippen LogP contribution in [0.2, 0.25) is 0 Å². The molecule has 1 N–H and O–H groups in total. The molecule has 1 unspecified atom stereocenters. The van der Waals surface area contributed by atoms with Crippen LogP contribution in [0.25, 0.3) is 0 Å². The lowest BCUT2D eigenvalue weighted by atomic mass is 9.77. The summed E-state index contributed by atoms with van der Waals surface area (Å²) in [6.45, 7) is 14.3. The Balaban J connectivity index is 2.13. The Morgan fingerprint density at radius 2 is 2.05 bits per heavy atom. The highest BCUT2D eigenvalue weighted by Crippen LogP contribution is 2.35. The van der Waals surface area contributed by atoms with Gasteiger partial charge in [-0.2, -0.15) is 4.98 Å². The Morgan fingerprint density at radius 1 is 1.29 bits per heavy atom. The molecule has 1 aliphatic rings. The van der Waals surface area contributed by atoms with Gasteiger partial charge in [-0.15, -0.1) is 0 Å². The van der Waals surface area contributed by atoms with E-state index in [0.29, 0.717) is 5.41 Å². The van der Waals surface area contributed by atoms with E-state index in [4.69, 9.17) is 4.98 Å². The summed E-state index contributed by atoms with van der Waals surface area (Å²) in [4.78, 5) is 11.5. The third kappa shape index (κ3) is 4.08. The predicted molar refractivity (Wildman–Crippen MR) is 89.9 cm³/mol. The van der Waals surface area contributed by atoms with Gasteiger partial charge in [-0.05, 0) is 44.4 Å². The molecule has 0 radical (unpaired) electrons. The Hall–Kier alpha value is -1.32. The first kappa shape index (κ1) is 16.1. The van der Waals surface area contributed by atoms with Crippen molar-refractivity contribution in [2.45, 2.75) is 53.9 Å². The normalized spacial score (nSPS) is 20.2. The molecule has 0 aromatic carbocycles. The zero-order valence-corrected chi connectivity index (χ0v) is 14.2. The number of aryl methyl sites for hydroxylation is 1. The zero-order chi connectivity index (χ0) is 15.5. The van der Waals surface area contributed by atoms with Gasteiger partial charge in [0, 0.05) is 31.4 Å². The molecule has 1 atom stereocenters. The van der Waals surface area contributed by atoms with Crippen LogP contribution in [0.15, 0.2) is 6.20 Å². The van der Waals surface area contributed by atoms with Crippen molar-refractivity contribution in [3.8, 4) is 0 Å². The quantitative estimate of drug-likeness (QED) is 0.917. The number of aromatic nitrogens is 2. The van der Waals surface area contributed by atoms with E-state index in [1.165, 1.54) is 24.8 Å².